The molecule has 0 N–H and O–H groups in total. The quantitative estimate of drug-likeness (QED) is 0.0850. The molecule has 0 spiro atoms. The van der Waals surface area contributed by atoms with Crippen molar-refractivity contribution in [3.8, 4) is 5.75 Å². The number of hydrogen-bond acceptors (Lipinski definition) is 10. The summed E-state index contributed by atoms with van der Waals surface area (Å²) in [6, 6.07) is 20.0. The Kier molecular flexibility index (Phi) is 7.45. The zero-order valence-corrected chi connectivity index (χ0v) is 22.2. The van der Waals surface area contributed by atoms with Crippen LogP contribution in [-0.4, -0.2) is 40.5 Å². The molecule has 0 bridgehead atoms. The molecule has 13 nitrogen and oxygen atoms in total. The smallest absolute Gasteiger partial charge is 0.339 e. The average molecular weight is 581 g/mol. The minimum absolute atomic E-state index is 0.0982. The van der Waals surface area contributed by atoms with E-state index in [2.05, 4.69) is 0 Å². The maximum Gasteiger partial charge on any atom is 0.339 e. The topological polar surface area (TPSA) is 176 Å². The number of fused-ring (bicyclic) bond motifs is 1. The van der Waals surface area contributed by atoms with Crippen molar-refractivity contribution < 1.29 is 38.5 Å². The van der Waals surface area contributed by atoms with E-state index in [1.165, 1.54) is 67.8 Å². The Morgan fingerprint density at radius 1 is 0.767 bits per heavy atom. The van der Waals surface area contributed by atoms with Gasteiger partial charge in [-0.1, -0.05) is 30.3 Å². The van der Waals surface area contributed by atoms with Crippen LogP contribution in [-0.2, 0) is 4.74 Å². The van der Waals surface area contributed by atoms with Crippen molar-refractivity contribution in [1.29, 1.82) is 0 Å². The van der Waals surface area contributed by atoms with Gasteiger partial charge in [-0.2, -0.15) is 0 Å². The third-order valence-corrected chi connectivity index (χ3v) is 6.67. The van der Waals surface area contributed by atoms with Gasteiger partial charge < -0.3 is 9.47 Å². The number of carbonyl (C=O) groups excluding carboxylic acids is 4. The lowest BCUT2D eigenvalue weighted by atomic mass is 9.99. The zero-order valence-electron chi connectivity index (χ0n) is 22.2. The number of carbonyl (C=O) groups is 4. The Bertz CT molecular complexity index is 1820. The number of non-ortho nitro benzene ring substituents is 1. The van der Waals surface area contributed by atoms with Crippen LogP contribution in [0.3, 0.4) is 0 Å². The maximum atomic E-state index is 13.4. The first-order chi connectivity index (χ1) is 20.6. The molecule has 0 unspecified atom stereocenters. The number of nitro benzene ring substituents is 2. The molecule has 1 heterocycles. The molecule has 2 amide bonds. The van der Waals surface area contributed by atoms with Gasteiger partial charge in [0.25, 0.3) is 23.2 Å². The van der Waals surface area contributed by atoms with Gasteiger partial charge in [0.15, 0.2) is 6.10 Å². The molecule has 1 aliphatic heterocycles. The third kappa shape index (κ3) is 5.29. The second-order valence-electron chi connectivity index (χ2n) is 9.18. The van der Waals surface area contributed by atoms with Crippen molar-refractivity contribution >= 4 is 40.6 Å². The molecule has 4 aromatic carbocycles. The highest BCUT2D eigenvalue weighted by molar-refractivity contribution is 6.35. The molecule has 13 heteroatoms. The summed E-state index contributed by atoms with van der Waals surface area (Å²) in [7, 11) is 1.31. The molecule has 4 aromatic rings. The molecule has 0 radical (unpaired) electrons. The second-order valence-corrected chi connectivity index (χ2v) is 9.18. The number of rotatable bonds is 9. The standard InChI is InChI=1S/C30H19N3O10/c1-42-21-12-14-24(25(16-21)33(40)41)31-28(35)22-13-9-19(15-23(22)29(31)36)30(37)43-27(26(34)17-5-3-2-4-6-17)18-7-10-20(11-8-18)32(38)39/h2-16,27H,1H3/t27-/m1/s1. The first-order valence-electron chi connectivity index (χ1n) is 12.5. The molecule has 0 fully saturated rings. The molecule has 0 aliphatic carbocycles. The summed E-state index contributed by atoms with van der Waals surface area (Å²) in [6.07, 6.45) is -1.50. The number of Topliss-reactive ketones (excluding diaryl/α,β-unsaturated/α-hetero) is 1. The Hall–Kier alpha value is -6.24. The van der Waals surface area contributed by atoms with Gasteiger partial charge in [0, 0.05) is 23.3 Å². The van der Waals surface area contributed by atoms with E-state index in [-0.39, 0.29) is 44.9 Å². The van der Waals surface area contributed by atoms with Crippen molar-refractivity contribution in [2.45, 2.75) is 6.10 Å². The van der Waals surface area contributed by atoms with Crippen molar-refractivity contribution in [1.82, 2.24) is 0 Å². The van der Waals surface area contributed by atoms with Gasteiger partial charge in [-0.3, -0.25) is 34.6 Å². The van der Waals surface area contributed by atoms with E-state index in [0.29, 0.717) is 4.90 Å². The van der Waals surface area contributed by atoms with Gasteiger partial charge in [-0.15, -0.1) is 0 Å². The Morgan fingerprint density at radius 2 is 1.44 bits per heavy atom. The minimum atomic E-state index is -1.50. The minimum Gasteiger partial charge on any atom is -0.496 e. The number of ether oxygens (including phenoxy) is 2. The SMILES string of the molecule is COc1ccc(N2C(=O)c3ccc(C(=O)O[C@@H](C(=O)c4ccccc4)c4ccc([N+](=O)[O-])cc4)cc3C2=O)c([N+](=O)[O-])c1. The Labute approximate surface area is 242 Å². The number of esters is 1. The number of methoxy groups -OCH3 is 1. The van der Waals surface area contributed by atoms with Crippen LogP contribution in [0.25, 0.3) is 0 Å². The van der Waals surface area contributed by atoms with Crippen molar-refractivity contribution in [3.63, 3.8) is 0 Å². The molecule has 0 saturated carbocycles. The van der Waals surface area contributed by atoms with E-state index in [4.69, 9.17) is 9.47 Å². The molecule has 1 atom stereocenters. The fraction of sp³-hybridized carbons (Fsp3) is 0.0667. The van der Waals surface area contributed by atoms with E-state index in [9.17, 15) is 39.4 Å². The van der Waals surface area contributed by atoms with Crippen molar-refractivity contribution in [2.75, 3.05) is 12.0 Å². The summed E-state index contributed by atoms with van der Waals surface area (Å²) in [5, 5.41) is 22.8. The number of anilines is 1. The predicted molar refractivity (Wildman–Crippen MR) is 149 cm³/mol. The highest BCUT2D eigenvalue weighted by Gasteiger charge is 2.40. The molecule has 5 rings (SSSR count). The summed E-state index contributed by atoms with van der Waals surface area (Å²) in [4.78, 5) is 75.2. The van der Waals surface area contributed by atoms with Crippen LogP contribution in [0.2, 0.25) is 0 Å². The number of ketones is 1. The van der Waals surface area contributed by atoms with Crippen LogP contribution >= 0.6 is 0 Å². The van der Waals surface area contributed by atoms with Gasteiger partial charge in [0.05, 0.1) is 39.7 Å². The van der Waals surface area contributed by atoms with Crippen LogP contribution in [0.1, 0.15) is 53.1 Å². The molecule has 214 valence electrons. The third-order valence-electron chi connectivity index (χ3n) is 6.67. The molecule has 1 aliphatic rings. The van der Waals surface area contributed by atoms with Gasteiger partial charge in [0.1, 0.15) is 11.4 Å². The van der Waals surface area contributed by atoms with Gasteiger partial charge in [-0.05, 0) is 42.5 Å². The second kappa shape index (κ2) is 11.3. The van der Waals surface area contributed by atoms with E-state index < -0.39 is 45.2 Å². The van der Waals surface area contributed by atoms with Crippen LogP contribution in [0.5, 0.6) is 5.75 Å². The van der Waals surface area contributed by atoms with E-state index in [1.54, 1.807) is 18.2 Å². The molecular formula is C30H19N3O10. The molecule has 43 heavy (non-hydrogen) atoms. The van der Waals surface area contributed by atoms with E-state index in [0.717, 1.165) is 12.1 Å². The summed E-state index contributed by atoms with van der Waals surface area (Å²) >= 11 is 0. The van der Waals surface area contributed by atoms with Gasteiger partial charge in [0.2, 0.25) is 5.78 Å². The van der Waals surface area contributed by atoms with Gasteiger partial charge >= 0.3 is 5.97 Å². The summed E-state index contributed by atoms with van der Waals surface area (Å²) in [5.74, 6) is -3.23. The van der Waals surface area contributed by atoms with Gasteiger partial charge in [-0.25, -0.2) is 9.69 Å². The first-order valence-corrected chi connectivity index (χ1v) is 12.5. The van der Waals surface area contributed by atoms with Crippen LogP contribution < -0.4 is 9.64 Å². The van der Waals surface area contributed by atoms with Crippen LogP contribution in [0, 0.1) is 20.2 Å². The number of nitrogens with zero attached hydrogens (tertiary/aromatic N) is 3. The fourth-order valence-corrected chi connectivity index (χ4v) is 4.52. The van der Waals surface area contributed by atoms with Crippen molar-refractivity contribution in [2.24, 2.45) is 0 Å². The summed E-state index contributed by atoms with van der Waals surface area (Å²) < 4.78 is 10.6. The largest absolute Gasteiger partial charge is 0.496 e. The lowest BCUT2D eigenvalue weighted by molar-refractivity contribution is -0.384. The van der Waals surface area contributed by atoms with Crippen molar-refractivity contribution in [3.05, 3.63) is 139 Å². The Balaban J connectivity index is 1.47. The molecule has 0 aromatic heterocycles. The first kappa shape index (κ1) is 28.3. The van der Waals surface area contributed by atoms with E-state index in [1.807, 2.05) is 0 Å². The zero-order chi connectivity index (χ0) is 30.8. The maximum absolute atomic E-state index is 13.4. The molecule has 0 saturated heterocycles. The van der Waals surface area contributed by atoms with E-state index >= 15 is 0 Å². The number of benzene rings is 4. The van der Waals surface area contributed by atoms with Crippen LogP contribution in [0.15, 0.2) is 91.0 Å². The lowest BCUT2D eigenvalue weighted by Gasteiger charge is -2.17. The highest BCUT2D eigenvalue weighted by atomic mass is 16.6. The predicted octanol–water partition coefficient (Wildman–Crippen LogP) is 5.09. The Morgan fingerprint density at radius 3 is 2.07 bits per heavy atom. The fourth-order valence-electron chi connectivity index (χ4n) is 4.52. The normalized spacial score (nSPS) is 12.8. The highest BCUT2D eigenvalue weighted by Crippen LogP contribution is 2.37. The number of amides is 2. The number of nitro groups is 2. The average Bonchev–Trinajstić information content (AvgIpc) is 3.27. The monoisotopic (exact) mass is 581 g/mol. The molecular weight excluding hydrogens is 562 g/mol. The summed E-state index contributed by atoms with van der Waals surface area (Å²) in [5.41, 5.74) is -1.16. The number of hydrogen-bond donors (Lipinski definition) is 0. The lowest BCUT2D eigenvalue weighted by Crippen LogP contribution is -2.30. The van der Waals surface area contributed by atoms with Crippen LogP contribution in [0.4, 0.5) is 17.1 Å². The summed E-state index contributed by atoms with van der Waals surface area (Å²) in [6.45, 7) is 0. The number of imide groups is 1.